The van der Waals surface area contributed by atoms with Crippen LogP contribution in [-0.2, 0) is 11.2 Å². The van der Waals surface area contributed by atoms with Crippen LogP contribution in [-0.4, -0.2) is 79.6 Å². The summed E-state index contributed by atoms with van der Waals surface area (Å²) in [6, 6.07) is 6.36. The van der Waals surface area contributed by atoms with Crippen LogP contribution in [0.1, 0.15) is 38.7 Å². The largest absolute Gasteiger partial charge is 0.617 e. The number of hydrogen-bond donors (Lipinski definition) is 2. The van der Waals surface area contributed by atoms with Crippen molar-refractivity contribution in [2.45, 2.75) is 44.9 Å². The Kier molecular flexibility index (Phi) is 7.12. The summed E-state index contributed by atoms with van der Waals surface area (Å²) in [5, 5.41) is 15.3. The van der Waals surface area contributed by atoms with E-state index >= 15 is 0 Å². The molecule has 0 aliphatic carbocycles. The molecule has 198 valence electrons. The quantitative estimate of drug-likeness (QED) is 0.446. The first-order chi connectivity index (χ1) is 17.6. The van der Waals surface area contributed by atoms with E-state index in [-0.39, 0.29) is 6.54 Å². The van der Waals surface area contributed by atoms with Crippen molar-refractivity contribution < 1.29 is 14.0 Å². The summed E-state index contributed by atoms with van der Waals surface area (Å²) in [5.74, 6) is 2.81. The lowest BCUT2D eigenvalue weighted by Gasteiger charge is -2.41. The van der Waals surface area contributed by atoms with E-state index in [0.717, 1.165) is 35.3 Å². The van der Waals surface area contributed by atoms with E-state index < -0.39 is 22.9 Å². The Morgan fingerprint density at radius 2 is 2.00 bits per heavy atom. The van der Waals surface area contributed by atoms with Gasteiger partial charge in [0.2, 0.25) is 11.9 Å². The first-order valence-corrected chi connectivity index (χ1v) is 14.4. The zero-order chi connectivity index (χ0) is 26.3. The normalized spacial score (nSPS) is 23.4. The highest BCUT2D eigenvalue weighted by atomic mass is 32.2. The smallest absolute Gasteiger partial charge is 0.233 e. The van der Waals surface area contributed by atoms with Crippen molar-refractivity contribution in [3.63, 3.8) is 0 Å². The average molecular weight is 528 g/mol. The lowest BCUT2D eigenvalue weighted by molar-refractivity contribution is -0.00860. The molecule has 1 unspecified atom stereocenters. The first-order valence-electron chi connectivity index (χ1n) is 12.7. The summed E-state index contributed by atoms with van der Waals surface area (Å²) in [6.07, 6.45) is 4.35. The Hall–Kier alpha value is -2.76. The van der Waals surface area contributed by atoms with Crippen molar-refractivity contribution in [2.75, 3.05) is 53.3 Å². The number of piperidine rings is 1. The molecule has 0 spiro atoms. The highest BCUT2D eigenvalue weighted by Crippen LogP contribution is 2.37. The second-order valence-electron chi connectivity index (χ2n) is 10.7. The molecule has 0 saturated carbocycles. The second-order valence-corrected chi connectivity index (χ2v) is 12.2. The van der Waals surface area contributed by atoms with Crippen LogP contribution in [0.3, 0.4) is 0 Å². The molecule has 11 heteroatoms. The predicted molar refractivity (Wildman–Crippen MR) is 146 cm³/mol. The van der Waals surface area contributed by atoms with Crippen molar-refractivity contribution in [2.24, 2.45) is 5.92 Å². The SMILES string of the molecule is CC(C)c1ccc(N2CC(C[S+](C)[O-])C2)c2cnc(Nc3ncnc(N4CC[C@@H](O)[C@@](C)(F)C4)n3)cc12. The van der Waals surface area contributed by atoms with Gasteiger partial charge in [0, 0.05) is 42.8 Å². The van der Waals surface area contributed by atoms with Gasteiger partial charge >= 0.3 is 0 Å². The van der Waals surface area contributed by atoms with E-state index in [4.69, 9.17) is 0 Å². The number of benzene rings is 1. The molecule has 2 N–H and O–H groups in total. The molecule has 1 aromatic carbocycles. The molecule has 4 heterocycles. The minimum atomic E-state index is -1.73. The summed E-state index contributed by atoms with van der Waals surface area (Å²) in [5.41, 5.74) is 0.634. The van der Waals surface area contributed by atoms with Gasteiger partial charge in [0.1, 0.15) is 17.9 Å². The number of alkyl halides is 1. The molecule has 2 aliphatic rings. The van der Waals surface area contributed by atoms with E-state index in [1.165, 1.54) is 18.8 Å². The van der Waals surface area contributed by atoms with Gasteiger partial charge in [-0.25, -0.2) is 19.3 Å². The van der Waals surface area contributed by atoms with Crippen LogP contribution in [0.4, 0.5) is 27.8 Å². The predicted octanol–water partition coefficient (Wildman–Crippen LogP) is 3.40. The Balaban J connectivity index is 1.39. The number of rotatable bonds is 7. The maximum Gasteiger partial charge on any atom is 0.233 e. The van der Waals surface area contributed by atoms with Gasteiger partial charge in [-0.05, 0) is 42.3 Å². The summed E-state index contributed by atoms with van der Waals surface area (Å²) < 4.78 is 26.3. The summed E-state index contributed by atoms with van der Waals surface area (Å²) in [4.78, 5) is 21.7. The number of aliphatic hydroxyl groups excluding tert-OH is 1. The van der Waals surface area contributed by atoms with Crippen molar-refractivity contribution in [3.8, 4) is 0 Å². The number of nitrogens with zero attached hydrogens (tertiary/aromatic N) is 6. The highest BCUT2D eigenvalue weighted by molar-refractivity contribution is 7.90. The number of hydrogen-bond acceptors (Lipinski definition) is 9. The number of pyridine rings is 1. The molecular weight excluding hydrogens is 493 g/mol. The molecule has 3 aromatic rings. The lowest BCUT2D eigenvalue weighted by atomic mass is 9.93. The van der Waals surface area contributed by atoms with Gasteiger partial charge in [0.15, 0.2) is 5.67 Å². The highest BCUT2D eigenvalue weighted by Gasteiger charge is 2.40. The number of nitrogens with one attached hydrogen (secondary N) is 1. The minimum Gasteiger partial charge on any atom is -0.617 e. The van der Waals surface area contributed by atoms with Gasteiger partial charge in [0.25, 0.3) is 0 Å². The van der Waals surface area contributed by atoms with Gasteiger partial charge in [-0.15, -0.1) is 0 Å². The molecule has 5 rings (SSSR count). The van der Waals surface area contributed by atoms with Crippen LogP contribution in [0.25, 0.3) is 10.8 Å². The van der Waals surface area contributed by atoms with Gasteiger partial charge < -0.3 is 24.8 Å². The molecule has 0 amide bonds. The third-order valence-corrected chi connectivity index (χ3v) is 8.19. The van der Waals surface area contributed by atoms with Gasteiger partial charge in [-0.1, -0.05) is 31.1 Å². The third-order valence-electron chi connectivity index (χ3n) is 7.25. The minimum absolute atomic E-state index is 0.0118. The Morgan fingerprint density at radius 3 is 2.70 bits per heavy atom. The number of anilines is 4. The van der Waals surface area contributed by atoms with Crippen LogP contribution in [0.5, 0.6) is 0 Å². The van der Waals surface area contributed by atoms with Crippen LogP contribution in [0.2, 0.25) is 0 Å². The molecule has 2 aromatic heterocycles. The standard InChI is InChI=1S/C26H34FN7O2S/c1-16(2)18-5-6-21(34-11-17(12-34)13-37(4)36)20-10-28-23(9-19(18)20)31-24-29-15-30-25(32-24)33-8-7-22(35)26(3,27)14-33/h5-6,9-10,15-17,22,35H,7-8,11-14H2,1-4H3,(H,28,29,30,31,32)/t22-,26+,37?/m1/s1. The van der Waals surface area contributed by atoms with Gasteiger partial charge in [-0.2, -0.15) is 4.98 Å². The fourth-order valence-corrected chi connectivity index (χ4v) is 6.09. The summed E-state index contributed by atoms with van der Waals surface area (Å²) in [6.45, 7) is 8.01. The lowest BCUT2D eigenvalue weighted by Crippen LogP contribution is -2.52. The molecule has 9 nitrogen and oxygen atoms in total. The van der Waals surface area contributed by atoms with E-state index in [0.29, 0.717) is 42.5 Å². The fraction of sp³-hybridized carbons (Fsp3) is 0.538. The monoisotopic (exact) mass is 527 g/mol. The molecule has 2 saturated heterocycles. The first kappa shape index (κ1) is 25.9. The Labute approximate surface area is 219 Å². The maximum atomic E-state index is 14.7. The fourth-order valence-electron chi connectivity index (χ4n) is 5.22. The Bertz CT molecular complexity index is 1270. The molecule has 3 atom stereocenters. The third kappa shape index (κ3) is 5.44. The van der Waals surface area contributed by atoms with E-state index in [2.05, 4.69) is 56.1 Å². The molecule has 2 aliphatic heterocycles. The molecule has 0 bridgehead atoms. The van der Waals surface area contributed by atoms with E-state index in [9.17, 15) is 14.0 Å². The number of fused-ring (bicyclic) bond motifs is 1. The van der Waals surface area contributed by atoms with Crippen LogP contribution in [0.15, 0.2) is 30.7 Å². The van der Waals surface area contributed by atoms with Crippen LogP contribution in [0, 0.1) is 5.92 Å². The average Bonchev–Trinajstić information content (AvgIpc) is 2.82. The summed E-state index contributed by atoms with van der Waals surface area (Å²) in [7, 11) is 0. The molecular formula is C26H34FN7O2S. The number of halogens is 1. The van der Waals surface area contributed by atoms with Gasteiger partial charge in [0.05, 0.1) is 18.9 Å². The topological polar surface area (TPSA) is 113 Å². The second kappa shape index (κ2) is 10.2. The molecule has 2 fully saturated rings. The number of aliphatic hydroxyl groups is 1. The summed E-state index contributed by atoms with van der Waals surface area (Å²) >= 11 is -0.781. The number of aromatic nitrogens is 4. The maximum absolute atomic E-state index is 14.7. The zero-order valence-electron chi connectivity index (χ0n) is 21.7. The van der Waals surface area contributed by atoms with Crippen LogP contribution >= 0.6 is 0 Å². The van der Waals surface area contributed by atoms with E-state index in [1.807, 2.05) is 12.3 Å². The Morgan fingerprint density at radius 1 is 1.22 bits per heavy atom. The zero-order valence-corrected chi connectivity index (χ0v) is 22.5. The molecule has 0 radical (unpaired) electrons. The van der Waals surface area contributed by atoms with E-state index in [1.54, 1.807) is 11.2 Å². The van der Waals surface area contributed by atoms with Crippen molar-refractivity contribution in [1.82, 2.24) is 19.9 Å². The van der Waals surface area contributed by atoms with Crippen molar-refractivity contribution in [1.29, 1.82) is 0 Å². The van der Waals surface area contributed by atoms with Crippen LogP contribution < -0.4 is 15.1 Å². The van der Waals surface area contributed by atoms with Crippen molar-refractivity contribution >= 4 is 45.4 Å². The molecule has 37 heavy (non-hydrogen) atoms. The van der Waals surface area contributed by atoms with Crippen molar-refractivity contribution in [3.05, 3.63) is 36.3 Å². The van der Waals surface area contributed by atoms with Gasteiger partial charge in [-0.3, -0.25) is 0 Å².